The predicted molar refractivity (Wildman–Crippen MR) is 110 cm³/mol. The summed E-state index contributed by atoms with van der Waals surface area (Å²) in [5.41, 5.74) is 1.54. The summed E-state index contributed by atoms with van der Waals surface area (Å²) in [6.07, 6.45) is 2.21. The maximum Gasteiger partial charge on any atom is 0.233 e. The highest BCUT2D eigenvalue weighted by Crippen LogP contribution is 2.36. The van der Waals surface area contributed by atoms with Gasteiger partial charge in [0.25, 0.3) is 0 Å². The van der Waals surface area contributed by atoms with Gasteiger partial charge in [0.15, 0.2) is 0 Å². The number of benzene rings is 2. The van der Waals surface area contributed by atoms with Crippen LogP contribution in [-0.4, -0.2) is 26.6 Å². The Morgan fingerprint density at radius 2 is 2.00 bits per heavy atom. The third-order valence-electron chi connectivity index (χ3n) is 4.24. The molecule has 8 heteroatoms. The molecule has 148 valence electrons. The minimum absolute atomic E-state index is 0.00665. The normalized spacial score (nSPS) is 16.7. The molecular weight excluding hydrogens is 399 g/mol. The molecule has 2 N–H and O–H groups in total. The second-order valence-corrected chi connectivity index (χ2v) is 9.13. The van der Waals surface area contributed by atoms with Gasteiger partial charge in [-0.3, -0.25) is 4.79 Å². The zero-order valence-corrected chi connectivity index (χ0v) is 16.7. The number of hydrogen-bond donors (Lipinski definition) is 2. The molecule has 1 aliphatic rings. The highest BCUT2D eigenvalue weighted by molar-refractivity contribution is 7.99. The second-order valence-electron chi connectivity index (χ2n) is 6.34. The quantitative estimate of drug-likeness (QED) is 0.719. The molecule has 3 rings (SSSR count). The van der Waals surface area contributed by atoms with Gasteiger partial charge in [-0.15, -0.1) is 11.8 Å². The largest absolute Gasteiger partial charge is 0.349 e. The molecule has 1 heterocycles. The highest BCUT2D eigenvalue weighted by Gasteiger charge is 2.22. The van der Waals surface area contributed by atoms with Crippen molar-refractivity contribution < 1.29 is 17.6 Å². The van der Waals surface area contributed by atoms with Gasteiger partial charge in [0.1, 0.15) is 5.82 Å². The number of amides is 1. The molecule has 5 nitrogen and oxygen atoms in total. The number of carbonyl (C=O) groups is 1. The lowest BCUT2D eigenvalue weighted by molar-refractivity contribution is -0.121. The van der Waals surface area contributed by atoms with Crippen LogP contribution in [0.3, 0.4) is 0 Å². The molecule has 0 fully saturated rings. The second kappa shape index (κ2) is 9.36. The minimum atomic E-state index is -3.63. The smallest absolute Gasteiger partial charge is 0.233 e. The average Bonchev–Trinajstić information content (AvgIpc) is 2.68. The highest BCUT2D eigenvalue weighted by atomic mass is 32.2. The molecule has 0 saturated carbocycles. The maximum atomic E-state index is 13.5. The standard InChI is InChI=1S/C20H21FN2O3S2/c21-16-6-7-19-17(14-16)18(9-12-27-19)23-20(24)8-11-22-28(25,26)13-10-15-4-2-1-3-5-15/h1-7,10,13-14,18,22H,8-9,11-12H2,(H,23,24)/b13-10+. The summed E-state index contributed by atoms with van der Waals surface area (Å²) in [7, 11) is -3.63. The molecule has 1 amide bonds. The molecule has 1 unspecified atom stereocenters. The Hall–Kier alpha value is -2.16. The van der Waals surface area contributed by atoms with Crippen LogP contribution >= 0.6 is 11.8 Å². The molecule has 2 aromatic rings. The third-order valence-corrected chi connectivity index (χ3v) is 6.46. The Labute approximate surface area is 168 Å². The van der Waals surface area contributed by atoms with E-state index in [2.05, 4.69) is 10.0 Å². The van der Waals surface area contributed by atoms with Crippen LogP contribution < -0.4 is 10.0 Å². The van der Waals surface area contributed by atoms with Crippen molar-refractivity contribution in [1.82, 2.24) is 10.0 Å². The Morgan fingerprint density at radius 3 is 2.79 bits per heavy atom. The van der Waals surface area contributed by atoms with Crippen molar-refractivity contribution in [3.63, 3.8) is 0 Å². The van der Waals surface area contributed by atoms with Crippen LogP contribution in [0.2, 0.25) is 0 Å². The van der Waals surface area contributed by atoms with E-state index in [0.29, 0.717) is 6.42 Å². The summed E-state index contributed by atoms with van der Waals surface area (Å²) >= 11 is 1.64. The van der Waals surface area contributed by atoms with Gasteiger partial charge in [-0.05, 0) is 41.8 Å². The van der Waals surface area contributed by atoms with Crippen LogP contribution in [0.4, 0.5) is 4.39 Å². The zero-order valence-electron chi connectivity index (χ0n) is 15.1. The summed E-state index contributed by atoms with van der Waals surface area (Å²) in [6, 6.07) is 13.4. The number of hydrogen-bond acceptors (Lipinski definition) is 4. The van der Waals surface area contributed by atoms with Gasteiger partial charge in [-0.1, -0.05) is 30.3 Å². The van der Waals surface area contributed by atoms with Crippen LogP contribution in [0.25, 0.3) is 6.08 Å². The van der Waals surface area contributed by atoms with Gasteiger partial charge in [-0.2, -0.15) is 0 Å². The fourth-order valence-corrected chi connectivity index (χ4v) is 4.79. The van der Waals surface area contributed by atoms with Gasteiger partial charge in [-0.25, -0.2) is 17.5 Å². The molecule has 0 aliphatic carbocycles. The SMILES string of the molecule is O=C(CCNS(=O)(=O)/C=C/c1ccccc1)NC1CCSc2ccc(F)cc21. The van der Waals surface area contributed by atoms with Crippen molar-refractivity contribution in [2.75, 3.05) is 12.3 Å². The summed E-state index contributed by atoms with van der Waals surface area (Å²) in [4.78, 5) is 13.2. The van der Waals surface area contributed by atoms with Gasteiger partial charge in [0.2, 0.25) is 15.9 Å². The lowest BCUT2D eigenvalue weighted by atomic mass is 10.0. The fraction of sp³-hybridized carbons (Fsp3) is 0.250. The summed E-state index contributed by atoms with van der Waals surface area (Å²) in [5, 5.41) is 3.96. The van der Waals surface area contributed by atoms with Crippen molar-refractivity contribution in [3.8, 4) is 0 Å². The van der Waals surface area contributed by atoms with Gasteiger partial charge in [0.05, 0.1) is 6.04 Å². The summed E-state index contributed by atoms with van der Waals surface area (Å²) in [5.74, 6) is 0.223. The van der Waals surface area contributed by atoms with Crippen LogP contribution in [0.5, 0.6) is 0 Å². The average molecular weight is 421 g/mol. The number of fused-ring (bicyclic) bond motifs is 1. The lowest BCUT2D eigenvalue weighted by Crippen LogP contribution is -2.33. The first-order valence-electron chi connectivity index (χ1n) is 8.87. The number of thioether (sulfide) groups is 1. The molecular formula is C20H21FN2O3S2. The van der Waals surface area contributed by atoms with E-state index in [-0.39, 0.29) is 30.7 Å². The van der Waals surface area contributed by atoms with Crippen LogP contribution in [0, 0.1) is 5.82 Å². The number of carbonyl (C=O) groups excluding carboxylic acids is 1. The first-order chi connectivity index (χ1) is 13.4. The van der Waals surface area contributed by atoms with Crippen LogP contribution in [0.1, 0.15) is 30.0 Å². The van der Waals surface area contributed by atoms with Crippen LogP contribution in [0.15, 0.2) is 58.8 Å². The molecule has 1 atom stereocenters. The number of nitrogens with one attached hydrogen (secondary N) is 2. The third kappa shape index (κ3) is 5.92. The Morgan fingerprint density at radius 1 is 1.21 bits per heavy atom. The maximum absolute atomic E-state index is 13.5. The zero-order chi connectivity index (χ0) is 20.0. The Bertz CT molecular complexity index is 963. The fourth-order valence-electron chi connectivity index (χ4n) is 2.87. The van der Waals surface area contributed by atoms with Gasteiger partial charge in [0, 0.05) is 29.0 Å². The number of rotatable bonds is 7. The van der Waals surface area contributed by atoms with Crippen LogP contribution in [-0.2, 0) is 14.8 Å². The lowest BCUT2D eigenvalue weighted by Gasteiger charge is -2.26. The van der Waals surface area contributed by atoms with Crippen molar-refractivity contribution >= 4 is 33.8 Å². The van der Waals surface area contributed by atoms with E-state index >= 15 is 0 Å². The molecule has 0 saturated heterocycles. The van der Waals surface area contributed by atoms with E-state index in [4.69, 9.17) is 0 Å². The molecule has 0 bridgehead atoms. The van der Waals surface area contributed by atoms with Gasteiger partial charge < -0.3 is 5.32 Å². The first kappa shape index (κ1) is 20.6. The van der Waals surface area contributed by atoms with E-state index in [9.17, 15) is 17.6 Å². The van der Waals surface area contributed by atoms with Crippen molar-refractivity contribution in [1.29, 1.82) is 0 Å². The first-order valence-corrected chi connectivity index (χ1v) is 11.4. The summed E-state index contributed by atoms with van der Waals surface area (Å²) in [6.45, 7) is -0.00915. The van der Waals surface area contributed by atoms with E-state index < -0.39 is 10.0 Å². The monoisotopic (exact) mass is 420 g/mol. The van der Waals surface area contributed by atoms with Crippen molar-refractivity contribution in [3.05, 3.63) is 70.9 Å². The van der Waals surface area contributed by atoms with Crippen molar-refractivity contribution in [2.24, 2.45) is 0 Å². The molecule has 2 aromatic carbocycles. The summed E-state index contributed by atoms with van der Waals surface area (Å²) < 4.78 is 39.9. The number of sulfonamides is 1. The minimum Gasteiger partial charge on any atom is -0.349 e. The van der Waals surface area contributed by atoms with Crippen molar-refractivity contribution in [2.45, 2.75) is 23.8 Å². The molecule has 0 aromatic heterocycles. The number of halogens is 1. The van der Waals surface area contributed by atoms with E-state index in [1.165, 1.54) is 18.2 Å². The Kier molecular flexibility index (Phi) is 6.88. The predicted octanol–water partition coefficient (Wildman–Crippen LogP) is 3.46. The van der Waals surface area contributed by atoms with E-state index in [0.717, 1.165) is 27.2 Å². The molecule has 28 heavy (non-hydrogen) atoms. The van der Waals surface area contributed by atoms with E-state index in [1.54, 1.807) is 30.0 Å². The molecule has 0 spiro atoms. The molecule has 1 aliphatic heterocycles. The Balaban J connectivity index is 1.50. The van der Waals surface area contributed by atoms with Gasteiger partial charge >= 0.3 is 0 Å². The molecule has 0 radical (unpaired) electrons. The van der Waals surface area contributed by atoms with E-state index in [1.807, 2.05) is 18.2 Å². The topological polar surface area (TPSA) is 75.3 Å².